The Labute approximate surface area is 120 Å². The minimum atomic E-state index is 0.168. The summed E-state index contributed by atoms with van der Waals surface area (Å²) < 4.78 is 2.03. The number of rotatable bonds is 2. The van der Waals surface area contributed by atoms with Crippen molar-refractivity contribution in [3.63, 3.8) is 0 Å². The number of aromatic nitrogens is 3. The van der Waals surface area contributed by atoms with Crippen LogP contribution >= 0.6 is 23.2 Å². The molecule has 0 aliphatic carbocycles. The summed E-state index contributed by atoms with van der Waals surface area (Å²) in [6.45, 7) is 3.05. The second-order valence-corrected chi connectivity index (χ2v) is 5.36. The Balaban J connectivity index is 1.78. The minimum Gasteiger partial charge on any atom is -0.508 e. The summed E-state index contributed by atoms with van der Waals surface area (Å²) in [5.41, 5.74) is 0.766. The molecule has 2 aromatic rings. The van der Waals surface area contributed by atoms with Gasteiger partial charge in [0.2, 0.25) is 0 Å². The van der Waals surface area contributed by atoms with E-state index in [1.54, 1.807) is 12.4 Å². The molecule has 0 radical (unpaired) electrons. The maximum Gasteiger partial charge on any atom is 0.147 e. The first-order valence-corrected chi connectivity index (χ1v) is 6.65. The lowest BCUT2D eigenvalue weighted by Gasteiger charge is -2.27. The summed E-state index contributed by atoms with van der Waals surface area (Å²) in [6, 6.07) is 3.18. The van der Waals surface area contributed by atoms with Crippen molar-refractivity contribution in [3.05, 3.63) is 39.9 Å². The van der Waals surface area contributed by atoms with E-state index in [9.17, 15) is 5.11 Å². The normalized spacial score (nSPS) is 15.5. The highest BCUT2D eigenvalue weighted by atomic mass is 35.5. The van der Waals surface area contributed by atoms with Gasteiger partial charge in [-0.2, -0.15) is 0 Å². The van der Waals surface area contributed by atoms with Crippen molar-refractivity contribution < 1.29 is 5.11 Å². The van der Waals surface area contributed by atoms with Crippen LogP contribution in [0.4, 0.5) is 0 Å². The van der Waals surface area contributed by atoms with Crippen molar-refractivity contribution >= 4 is 23.2 Å². The minimum absolute atomic E-state index is 0.168. The highest BCUT2D eigenvalue weighted by Gasteiger charge is 2.19. The summed E-state index contributed by atoms with van der Waals surface area (Å²) in [7, 11) is 0. The van der Waals surface area contributed by atoms with Crippen LogP contribution in [-0.4, -0.2) is 31.3 Å². The molecule has 1 aliphatic rings. The first-order chi connectivity index (χ1) is 9.13. The summed E-state index contributed by atoms with van der Waals surface area (Å²) >= 11 is 11.8. The molecule has 19 heavy (non-hydrogen) atoms. The Bertz CT molecular complexity index is 614. The molecule has 2 heterocycles. The molecule has 1 aliphatic heterocycles. The van der Waals surface area contributed by atoms with E-state index in [4.69, 9.17) is 23.2 Å². The molecule has 0 saturated heterocycles. The molecule has 5 nitrogen and oxygen atoms in total. The highest BCUT2D eigenvalue weighted by molar-refractivity contribution is 6.42. The van der Waals surface area contributed by atoms with Crippen molar-refractivity contribution in [2.45, 2.75) is 19.6 Å². The summed E-state index contributed by atoms with van der Waals surface area (Å²) in [5, 5.41) is 18.7. The zero-order valence-corrected chi connectivity index (χ0v) is 11.6. The predicted octanol–water partition coefficient (Wildman–Crippen LogP) is 2.31. The lowest BCUT2D eigenvalue weighted by molar-refractivity contribution is 0.206. The van der Waals surface area contributed by atoms with Gasteiger partial charge in [0, 0.05) is 31.3 Å². The maximum atomic E-state index is 9.90. The van der Waals surface area contributed by atoms with Gasteiger partial charge in [0.25, 0.3) is 0 Å². The van der Waals surface area contributed by atoms with Crippen LogP contribution in [0, 0.1) is 0 Å². The van der Waals surface area contributed by atoms with E-state index in [1.807, 2.05) is 4.57 Å². The van der Waals surface area contributed by atoms with Gasteiger partial charge in [-0.3, -0.25) is 4.90 Å². The molecule has 100 valence electrons. The van der Waals surface area contributed by atoms with Gasteiger partial charge in [-0.1, -0.05) is 23.2 Å². The standard InChI is InChI=1S/C12H12Cl2N4O/c13-9-3-8(11(19)4-10(9)14)5-17-1-2-18-7-15-16-12(18)6-17/h3-4,7,19H,1-2,5-6H2. The van der Waals surface area contributed by atoms with Crippen molar-refractivity contribution in [1.82, 2.24) is 19.7 Å². The Morgan fingerprint density at radius 2 is 2.00 bits per heavy atom. The van der Waals surface area contributed by atoms with Crippen molar-refractivity contribution in [2.75, 3.05) is 6.54 Å². The molecule has 0 fully saturated rings. The van der Waals surface area contributed by atoms with E-state index < -0.39 is 0 Å². The van der Waals surface area contributed by atoms with Crippen molar-refractivity contribution in [1.29, 1.82) is 0 Å². The van der Waals surface area contributed by atoms with Gasteiger partial charge in [-0.15, -0.1) is 10.2 Å². The van der Waals surface area contributed by atoms with E-state index in [0.717, 1.165) is 24.5 Å². The first-order valence-electron chi connectivity index (χ1n) is 5.89. The third-order valence-electron chi connectivity index (χ3n) is 3.23. The number of fused-ring (bicyclic) bond motifs is 1. The number of phenolic OH excluding ortho intramolecular Hbond substituents is 1. The molecule has 1 aromatic heterocycles. The number of aromatic hydroxyl groups is 1. The predicted molar refractivity (Wildman–Crippen MR) is 72.3 cm³/mol. The summed E-state index contributed by atoms with van der Waals surface area (Å²) in [6.07, 6.45) is 1.74. The van der Waals surface area contributed by atoms with Gasteiger partial charge in [-0.05, 0) is 6.07 Å². The summed E-state index contributed by atoms with van der Waals surface area (Å²) in [4.78, 5) is 2.18. The molecular formula is C12H12Cl2N4O. The average Bonchev–Trinajstić information content (AvgIpc) is 2.83. The van der Waals surface area contributed by atoms with E-state index in [0.29, 0.717) is 23.1 Å². The number of nitrogens with zero attached hydrogens (tertiary/aromatic N) is 4. The van der Waals surface area contributed by atoms with E-state index in [2.05, 4.69) is 15.1 Å². The molecular weight excluding hydrogens is 287 g/mol. The van der Waals surface area contributed by atoms with Gasteiger partial charge >= 0.3 is 0 Å². The second kappa shape index (κ2) is 5.00. The molecule has 1 N–H and O–H groups in total. The van der Waals surface area contributed by atoms with Gasteiger partial charge in [0.1, 0.15) is 17.9 Å². The van der Waals surface area contributed by atoms with Gasteiger partial charge in [-0.25, -0.2) is 0 Å². The summed E-state index contributed by atoms with van der Waals surface area (Å²) in [5.74, 6) is 1.10. The zero-order chi connectivity index (χ0) is 13.4. The molecule has 0 atom stereocenters. The fraction of sp³-hybridized carbons (Fsp3) is 0.333. The second-order valence-electron chi connectivity index (χ2n) is 4.55. The molecule has 0 spiro atoms. The van der Waals surface area contributed by atoms with Crippen molar-refractivity contribution in [3.8, 4) is 5.75 Å². The SMILES string of the molecule is Oc1cc(Cl)c(Cl)cc1CN1CCn2cnnc2C1. The number of phenols is 1. The van der Waals surface area contributed by atoms with Crippen LogP contribution in [0.25, 0.3) is 0 Å². The van der Waals surface area contributed by atoms with Crippen LogP contribution in [0.3, 0.4) is 0 Å². The highest BCUT2D eigenvalue weighted by Crippen LogP contribution is 2.31. The van der Waals surface area contributed by atoms with E-state index in [1.165, 1.54) is 6.07 Å². The van der Waals surface area contributed by atoms with Gasteiger partial charge < -0.3 is 9.67 Å². The monoisotopic (exact) mass is 298 g/mol. The molecule has 0 bridgehead atoms. The quantitative estimate of drug-likeness (QED) is 0.924. The van der Waals surface area contributed by atoms with Crippen LogP contribution in [0.2, 0.25) is 10.0 Å². The third-order valence-corrected chi connectivity index (χ3v) is 3.96. The molecule has 0 amide bonds. The average molecular weight is 299 g/mol. The molecule has 1 aromatic carbocycles. The number of hydrogen-bond acceptors (Lipinski definition) is 4. The number of benzene rings is 1. The maximum absolute atomic E-state index is 9.90. The lowest BCUT2D eigenvalue weighted by atomic mass is 10.1. The van der Waals surface area contributed by atoms with Crippen LogP contribution in [0.5, 0.6) is 5.75 Å². The third kappa shape index (κ3) is 2.54. The van der Waals surface area contributed by atoms with Crippen LogP contribution in [0.15, 0.2) is 18.5 Å². The van der Waals surface area contributed by atoms with Crippen LogP contribution < -0.4 is 0 Å². The van der Waals surface area contributed by atoms with Crippen LogP contribution in [0.1, 0.15) is 11.4 Å². The van der Waals surface area contributed by atoms with Gasteiger partial charge in [0.05, 0.1) is 16.6 Å². The van der Waals surface area contributed by atoms with Crippen molar-refractivity contribution in [2.24, 2.45) is 0 Å². The fourth-order valence-electron chi connectivity index (χ4n) is 2.20. The smallest absolute Gasteiger partial charge is 0.147 e. The molecule has 7 heteroatoms. The number of halogens is 2. The molecule has 3 rings (SSSR count). The Hall–Kier alpha value is -1.30. The topological polar surface area (TPSA) is 54.2 Å². The van der Waals surface area contributed by atoms with E-state index >= 15 is 0 Å². The molecule has 0 unspecified atom stereocenters. The number of hydrogen-bond donors (Lipinski definition) is 1. The van der Waals surface area contributed by atoms with Crippen LogP contribution in [-0.2, 0) is 19.6 Å². The Morgan fingerprint density at radius 3 is 2.84 bits per heavy atom. The lowest BCUT2D eigenvalue weighted by Crippen LogP contribution is -2.33. The van der Waals surface area contributed by atoms with E-state index in [-0.39, 0.29) is 5.75 Å². The van der Waals surface area contributed by atoms with Gasteiger partial charge in [0.15, 0.2) is 0 Å². The molecule has 0 saturated carbocycles. The largest absolute Gasteiger partial charge is 0.508 e. The Kier molecular flexibility index (Phi) is 3.35. The fourth-order valence-corrected chi connectivity index (χ4v) is 2.54. The first kappa shape index (κ1) is 12.7. The Morgan fingerprint density at radius 1 is 1.21 bits per heavy atom. The zero-order valence-electron chi connectivity index (χ0n) is 10.1.